The molecule has 0 saturated carbocycles. The van der Waals surface area contributed by atoms with Gasteiger partial charge >= 0.3 is 0 Å². The zero-order chi connectivity index (χ0) is 11.3. The summed E-state index contributed by atoms with van der Waals surface area (Å²) in [5.41, 5.74) is 7.88. The van der Waals surface area contributed by atoms with Gasteiger partial charge in [0, 0.05) is 16.3 Å². The number of benzene rings is 1. The van der Waals surface area contributed by atoms with Crippen LogP contribution in [0.25, 0.3) is 0 Å². The fraction of sp³-hybridized carbons (Fsp3) is 0.538. The molecule has 0 spiro atoms. The fourth-order valence-corrected chi connectivity index (χ4v) is 2.90. The Balaban J connectivity index is 2.57. The van der Waals surface area contributed by atoms with Crippen LogP contribution in [0.5, 0.6) is 0 Å². The van der Waals surface area contributed by atoms with Crippen LogP contribution in [0.2, 0.25) is 0 Å². The van der Waals surface area contributed by atoms with E-state index in [1.54, 1.807) is 0 Å². The van der Waals surface area contributed by atoms with Gasteiger partial charge in [-0.25, -0.2) is 0 Å². The van der Waals surface area contributed by atoms with Gasteiger partial charge in [0.05, 0.1) is 0 Å². The summed E-state index contributed by atoms with van der Waals surface area (Å²) in [7, 11) is 0. The average Bonchev–Trinajstić information content (AvgIpc) is 2.22. The van der Waals surface area contributed by atoms with E-state index >= 15 is 0 Å². The topological polar surface area (TPSA) is 26.0 Å². The first-order chi connectivity index (χ1) is 7.17. The monoisotopic (exact) mass is 223 g/mol. The number of nitrogen functional groups attached to an aromatic ring is 1. The minimum Gasteiger partial charge on any atom is -0.399 e. The Hall–Kier alpha value is -0.630. The van der Waals surface area contributed by atoms with Gasteiger partial charge in [-0.1, -0.05) is 26.7 Å². The lowest BCUT2D eigenvalue weighted by molar-refractivity contribution is 0.554. The molecule has 0 radical (unpaired) electrons. The number of rotatable bonds is 5. The van der Waals surface area contributed by atoms with Gasteiger partial charge in [-0.15, -0.1) is 11.8 Å². The number of hydrogen-bond acceptors (Lipinski definition) is 2. The van der Waals surface area contributed by atoms with E-state index in [9.17, 15) is 0 Å². The van der Waals surface area contributed by atoms with Crippen molar-refractivity contribution in [3.63, 3.8) is 0 Å². The highest BCUT2D eigenvalue weighted by molar-refractivity contribution is 7.99. The van der Waals surface area contributed by atoms with Crippen LogP contribution in [0, 0.1) is 12.8 Å². The molecule has 0 unspecified atom stereocenters. The van der Waals surface area contributed by atoms with Gasteiger partial charge in [0.1, 0.15) is 0 Å². The van der Waals surface area contributed by atoms with Crippen molar-refractivity contribution in [2.45, 2.75) is 38.5 Å². The lowest BCUT2D eigenvalue weighted by atomic mass is 10.1. The summed E-state index contributed by atoms with van der Waals surface area (Å²) < 4.78 is 0. The van der Waals surface area contributed by atoms with Crippen LogP contribution in [0.15, 0.2) is 23.1 Å². The van der Waals surface area contributed by atoms with E-state index < -0.39 is 0 Å². The molecule has 1 aromatic carbocycles. The standard InChI is InChI=1S/C13H21NS/c1-4-11(5-2)9-15-13-7-6-12(14)8-10(13)3/h6-8,11H,4-5,9,14H2,1-3H3. The summed E-state index contributed by atoms with van der Waals surface area (Å²) in [5, 5.41) is 0. The highest BCUT2D eigenvalue weighted by Crippen LogP contribution is 2.27. The predicted molar refractivity (Wildman–Crippen MR) is 70.4 cm³/mol. The molecule has 0 atom stereocenters. The van der Waals surface area contributed by atoms with Gasteiger partial charge in [0.15, 0.2) is 0 Å². The van der Waals surface area contributed by atoms with Crippen molar-refractivity contribution in [2.75, 3.05) is 11.5 Å². The highest BCUT2D eigenvalue weighted by Gasteiger charge is 2.05. The zero-order valence-corrected chi connectivity index (χ0v) is 10.7. The maximum Gasteiger partial charge on any atom is 0.0317 e. The van der Waals surface area contributed by atoms with Crippen molar-refractivity contribution in [3.8, 4) is 0 Å². The molecule has 0 heterocycles. The maximum absolute atomic E-state index is 5.73. The minimum absolute atomic E-state index is 0.840. The van der Waals surface area contributed by atoms with E-state index in [-0.39, 0.29) is 0 Å². The predicted octanol–water partition coefficient (Wildman–Crippen LogP) is 4.11. The molecule has 15 heavy (non-hydrogen) atoms. The first-order valence-corrected chi connectivity index (χ1v) is 6.64. The van der Waals surface area contributed by atoms with Gasteiger partial charge in [0.2, 0.25) is 0 Å². The Morgan fingerprint density at radius 1 is 1.27 bits per heavy atom. The molecule has 2 heteroatoms. The average molecular weight is 223 g/mol. The Labute approximate surface area is 97.4 Å². The lowest BCUT2D eigenvalue weighted by Crippen LogP contribution is -2.00. The van der Waals surface area contributed by atoms with Crippen molar-refractivity contribution < 1.29 is 0 Å². The Bertz CT molecular complexity index is 305. The third-order valence-corrected chi connectivity index (χ3v) is 4.24. The molecule has 0 aromatic heterocycles. The molecule has 0 amide bonds. The van der Waals surface area contributed by atoms with E-state index in [2.05, 4.69) is 32.9 Å². The molecular weight excluding hydrogens is 202 g/mol. The van der Waals surface area contributed by atoms with Crippen molar-refractivity contribution >= 4 is 17.4 Å². The molecule has 1 nitrogen and oxygen atoms in total. The summed E-state index contributed by atoms with van der Waals surface area (Å²) >= 11 is 1.96. The van der Waals surface area contributed by atoms with E-state index in [0.29, 0.717) is 0 Å². The molecule has 0 fully saturated rings. The third-order valence-electron chi connectivity index (χ3n) is 2.83. The lowest BCUT2D eigenvalue weighted by Gasteiger charge is -2.12. The van der Waals surface area contributed by atoms with Gasteiger partial charge in [-0.05, 0) is 36.6 Å². The molecule has 0 saturated heterocycles. The number of aryl methyl sites for hydroxylation is 1. The third kappa shape index (κ3) is 3.78. The van der Waals surface area contributed by atoms with Gasteiger partial charge < -0.3 is 5.73 Å². The number of thioether (sulfide) groups is 1. The molecule has 0 bridgehead atoms. The summed E-state index contributed by atoms with van der Waals surface area (Å²) in [5.74, 6) is 2.06. The second kappa shape index (κ2) is 6.06. The second-order valence-corrected chi connectivity index (χ2v) is 5.08. The quantitative estimate of drug-likeness (QED) is 0.600. The van der Waals surface area contributed by atoms with Crippen LogP contribution in [-0.2, 0) is 0 Å². The van der Waals surface area contributed by atoms with Crippen LogP contribution in [0.1, 0.15) is 32.3 Å². The fourth-order valence-electron chi connectivity index (χ4n) is 1.57. The normalized spacial score (nSPS) is 10.9. The maximum atomic E-state index is 5.73. The number of anilines is 1. The molecule has 0 aliphatic rings. The molecule has 84 valence electrons. The van der Waals surface area contributed by atoms with Crippen molar-refractivity contribution in [2.24, 2.45) is 5.92 Å². The second-order valence-electron chi connectivity index (χ2n) is 4.02. The molecular formula is C13H21NS. The van der Waals surface area contributed by atoms with Crippen LogP contribution >= 0.6 is 11.8 Å². The Morgan fingerprint density at radius 2 is 1.93 bits per heavy atom. The van der Waals surface area contributed by atoms with Crippen LogP contribution in [0.4, 0.5) is 5.69 Å². The van der Waals surface area contributed by atoms with Crippen molar-refractivity contribution in [3.05, 3.63) is 23.8 Å². The Kier molecular flexibility index (Phi) is 5.03. The van der Waals surface area contributed by atoms with Crippen LogP contribution in [-0.4, -0.2) is 5.75 Å². The highest BCUT2D eigenvalue weighted by atomic mass is 32.2. The van der Waals surface area contributed by atoms with Gasteiger partial charge in [-0.2, -0.15) is 0 Å². The molecule has 2 N–H and O–H groups in total. The van der Waals surface area contributed by atoms with E-state index in [1.807, 2.05) is 17.8 Å². The molecule has 0 aliphatic carbocycles. The van der Waals surface area contributed by atoms with Crippen molar-refractivity contribution in [1.29, 1.82) is 0 Å². The SMILES string of the molecule is CCC(CC)CSc1ccc(N)cc1C. The number of nitrogens with two attached hydrogens (primary N) is 1. The first-order valence-electron chi connectivity index (χ1n) is 5.66. The molecule has 1 rings (SSSR count). The smallest absolute Gasteiger partial charge is 0.0317 e. The zero-order valence-electron chi connectivity index (χ0n) is 9.92. The largest absolute Gasteiger partial charge is 0.399 e. The van der Waals surface area contributed by atoms with Gasteiger partial charge in [-0.3, -0.25) is 0 Å². The van der Waals surface area contributed by atoms with Gasteiger partial charge in [0.25, 0.3) is 0 Å². The summed E-state index contributed by atoms with van der Waals surface area (Å²) in [6.07, 6.45) is 2.55. The summed E-state index contributed by atoms with van der Waals surface area (Å²) in [6, 6.07) is 6.18. The minimum atomic E-state index is 0.840. The van der Waals surface area contributed by atoms with Crippen LogP contribution in [0.3, 0.4) is 0 Å². The van der Waals surface area contributed by atoms with E-state index in [1.165, 1.54) is 29.1 Å². The Morgan fingerprint density at radius 3 is 2.47 bits per heavy atom. The first kappa shape index (κ1) is 12.4. The van der Waals surface area contributed by atoms with E-state index in [0.717, 1.165) is 11.6 Å². The van der Waals surface area contributed by atoms with Crippen molar-refractivity contribution in [1.82, 2.24) is 0 Å². The summed E-state index contributed by atoms with van der Waals surface area (Å²) in [6.45, 7) is 6.67. The van der Waals surface area contributed by atoms with Crippen LogP contribution < -0.4 is 5.73 Å². The molecule has 1 aromatic rings. The molecule has 0 aliphatic heterocycles. The van der Waals surface area contributed by atoms with E-state index in [4.69, 9.17) is 5.73 Å². The summed E-state index contributed by atoms with van der Waals surface area (Å²) in [4.78, 5) is 1.37. The number of hydrogen-bond donors (Lipinski definition) is 1.